The third kappa shape index (κ3) is 7.81. The summed E-state index contributed by atoms with van der Waals surface area (Å²) in [4.78, 5) is 0.213. The Morgan fingerprint density at radius 1 is 1.16 bits per heavy atom. The monoisotopic (exact) mass is 287 g/mol. The molecule has 0 bridgehead atoms. The molecule has 5 heteroatoms. The zero-order valence-corrected chi connectivity index (χ0v) is 11.3. The number of unbranched alkanes of at least 4 members (excludes halogenated alkanes) is 2. The van der Waals surface area contributed by atoms with Crippen LogP contribution in [0.1, 0.15) is 24.8 Å². The average molecular weight is 287 g/mol. The summed E-state index contributed by atoms with van der Waals surface area (Å²) < 4.78 is 36.4. The summed E-state index contributed by atoms with van der Waals surface area (Å²) >= 11 is -0.0923. The summed E-state index contributed by atoms with van der Waals surface area (Å²) in [5, 5.41) is 3.23. The lowest BCUT2D eigenvalue weighted by Gasteiger charge is -2.07. The SMILES string of the molecule is C#CCCCCNCc1ccc(SC(F)(F)F)cc1. The van der Waals surface area contributed by atoms with Crippen molar-refractivity contribution in [3.05, 3.63) is 29.8 Å². The molecule has 0 atom stereocenters. The van der Waals surface area contributed by atoms with Gasteiger partial charge in [-0.2, -0.15) is 13.2 Å². The second-order valence-corrected chi connectivity index (χ2v) is 5.17. The van der Waals surface area contributed by atoms with Gasteiger partial charge in [0.15, 0.2) is 0 Å². The Morgan fingerprint density at radius 3 is 2.42 bits per heavy atom. The topological polar surface area (TPSA) is 12.0 Å². The molecule has 0 aliphatic heterocycles. The zero-order valence-electron chi connectivity index (χ0n) is 10.5. The van der Waals surface area contributed by atoms with E-state index in [0.717, 1.165) is 31.4 Å². The first-order chi connectivity index (χ1) is 9.01. The fourth-order valence-corrected chi connectivity index (χ4v) is 2.06. The largest absolute Gasteiger partial charge is 0.446 e. The molecule has 0 amide bonds. The van der Waals surface area contributed by atoms with E-state index in [1.807, 2.05) is 0 Å². The highest BCUT2D eigenvalue weighted by atomic mass is 32.2. The van der Waals surface area contributed by atoms with E-state index in [4.69, 9.17) is 6.42 Å². The fraction of sp³-hybridized carbons (Fsp3) is 0.429. The molecule has 0 fully saturated rings. The molecule has 0 unspecified atom stereocenters. The maximum Gasteiger partial charge on any atom is 0.446 e. The van der Waals surface area contributed by atoms with Gasteiger partial charge in [-0.1, -0.05) is 12.1 Å². The summed E-state index contributed by atoms with van der Waals surface area (Å²) in [5.41, 5.74) is -3.25. The van der Waals surface area contributed by atoms with Crippen molar-refractivity contribution in [2.75, 3.05) is 6.54 Å². The van der Waals surface area contributed by atoms with Gasteiger partial charge in [-0.25, -0.2) is 0 Å². The minimum absolute atomic E-state index is 0.0923. The van der Waals surface area contributed by atoms with Crippen LogP contribution in [-0.4, -0.2) is 12.1 Å². The zero-order chi connectivity index (χ0) is 14.1. The third-order valence-corrected chi connectivity index (χ3v) is 3.15. The van der Waals surface area contributed by atoms with Gasteiger partial charge in [-0.05, 0) is 48.8 Å². The van der Waals surface area contributed by atoms with Gasteiger partial charge in [-0.15, -0.1) is 12.3 Å². The Bertz CT molecular complexity index is 406. The van der Waals surface area contributed by atoms with E-state index < -0.39 is 5.51 Å². The lowest BCUT2D eigenvalue weighted by Crippen LogP contribution is -2.14. The maximum absolute atomic E-state index is 12.1. The number of rotatable bonds is 7. The molecule has 0 aliphatic rings. The van der Waals surface area contributed by atoms with Gasteiger partial charge in [-0.3, -0.25) is 0 Å². The highest BCUT2D eigenvalue weighted by Gasteiger charge is 2.28. The van der Waals surface area contributed by atoms with Crippen LogP contribution in [0, 0.1) is 12.3 Å². The van der Waals surface area contributed by atoms with Crippen molar-refractivity contribution in [3.8, 4) is 12.3 Å². The van der Waals surface area contributed by atoms with E-state index in [9.17, 15) is 13.2 Å². The van der Waals surface area contributed by atoms with Crippen LogP contribution in [0.5, 0.6) is 0 Å². The van der Waals surface area contributed by atoms with E-state index in [0.29, 0.717) is 6.54 Å². The van der Waals surface area contributed by atoms with Gasteiger partial charge in [0.05, 0.1) is 0 Å². The molecule has 1 nitrogen and oxygen atoms in total. The Balaban J connectivity index is 2.27. The minimum Gasteiger partial charge on any atom is -0.313 e. The number of benzene rings is 1. The van der Waals surface area contributed by atoms with E-state index in [2.05, 4.69) is 11.2 Å². The van der Waals surface area contributed by atoms with Crippen molar-refractivity contribution in [1.29, 1.82) is 0 Å². The highest BCUT2D eigenvalue weighted by Crippen LogP contribution is 2.36. The number of thioether (sulfide) groups is 1. The maximum atomic E-state index is 12.1. The van der Waals surface area contributed by atoms with E-state index in [1.54, 1.807) is 12.1 Å². The van der Waals surface area contributed by atoms with Crippen LogP contribution in [-0.2, 0) is 6.54 Å². The van der Waals surface area contributed by atoms with Crippen LogP contribution in [0.25, 0.3) is 0 Å². The molecule has 1 rings (SSSR count). The van der Waals surface area contributed by atoms with Crippen LogP contribution in [0.2, 0.25) is 0 Å². The average Bonchev–Trinajstić information content (AvgIpc) is 2.34. The van der Waals surface area contributed by atoms with E-state index in [-0.39, 0.29) is 16.7 Å². The summed E-state index contributed by atoms with van der Waals surface area (Å²) in [6.07, 6.45) is 7.92. The number of halogens is 3. The van der Waals surface area contributed by atoms with Crippen LogP contribution in [0.15, 0.2) is 29.2 Å². The fourth-order valence-electron chi connectivity index (χ4n) is 1.52. The van der Waals surface area contributed by atoms with E-state index in [1.165, 1.54) is 12.1 Å². The lowest BCUT2D eigenvalue weighted by molar-refractivity contribution is -0.0328. The van der Waals surface area contributed by atoms with Gasteiger partial charge in [0.25, 0.3) is 0 Å². The number of alkyl halides is 3. The van der Waals surface area contributed by atoms with Gasteiger partial charge >= 0.3 is 5.51 Å². The number of nitrogens with one attached hydrogen (secondary N) is 1. The molecule has 0 spiro atoms. The molecule has 0 saturated heterocycles. The molecule has 0 radical (unpaired) electrons. The molecule has 104 valence electrons. The quantitative estimate of drug-likeness (QED) is 0.458. The first kappa shape index (κ1) is 15.9. The van der Waals surface area contributed by atoms with Gasteiger partial charge < -0.3 is 5.32 Å². The van der Waals surface area contributed by atoms with Gasteiger partial charge in [0, 0.05) is 17.9 Å². The van der Waals surface area contributed by atoms with E-state index >= 15 is 0 Å². The predicted octanol–water partition coefficient (Wildman–Crippen LogP) is 4.19. The second kappa shape index (κ2) is 8.13. The van der Waals surface area contributed by atoms with Gasteiger partial charge in [0.2, 0.25) is 0 Å². The van der Waals surface area contributed by atoms with Crippen molar-refractivity contribution in [2.45, 2.75) is 36.2 Å². The summed E-state index contributed by atoms with van der Waals surface area (Å²) in [5.74, 6) is 2.58. The molecule has 1 aromatic carbocycles. The number of hydrogen-bond donors (Lipinski definition) is 1. The lowest BCUT2D eigenvalue weighted by atomic mass is 10.2. The predicted molar refractivity (Wildman–Crippen MR) is 72.7 cm³/mol. The van der Waals surface area contributed by atoms with Crippen molar-refractivity contribution in [3.63, 3.8) is 0 Å². The molecule has 0 heterocycles. The third-order valence-electron chi connectivity index (χ3n) is 2.41. The smallest absolute Gasteiger partial charge is 0.313 e. The number of terminal acetylenes is 1. The Morgan fingerprint density at radius 2 is 1.84 bits per heavy atom. The van der Waals surface area contributed by atoms with Crippen LogP contribution < -0.4 is 5.32 Å². The molecule has 0 aromatic heterocycles. The highest BCUT2D eigenvalue weighted by molar-refractivity contribution is 8.00. The molecule has 19 heavy (non-hydrogen) atoms. The Kier molecular flexibility index (Phi) is 6.82. The summed E-state index contributed by atoms with van der Waals surface area (Å²) in [6, 6.07) is 6.41. The molecule has 0 saturated carbocycles. The van der Waals surface area contributed by atoms with Crippen molar-refractivity contribution in [2.24, 2.45) is 0 Å². The van der Waals surface area contributed by atoms with Crippen LogP contribution in [0.4, 0.5) is 13.2 Å². The first-order valence-electron chi connectivity index (χ1n) is 6.00. The van der Waals surface area contributed by atoms with Crippen molar-refractivity contribution < 1.29 is 13.2 Å². The van der Waals surface area contributed by atoms with Crippen molar-refractivity contribution >= 4 is 11.8 Å². The second-order valence-electron chi connectivity index (χ2n) is 4.03. The molecular formula is C14H16F3NS. The molecule has 0 aliphatic carbocycles. The van der Waals surface area contributed by atoms with Crippen molar-refractivity contribution in [1.82, 2.24) is 5.32 Å². The van der Waals surface area contributed by atoms with Crippen LogP contribution in [0.3, 0.4) is 0 Å². The minimum atomic E-state index is -4.23. The normalized spacial score (nSPS) is 11.3. The summed E-state index contributed by atoms with van der Waals surface area (Å²) in [6.45, 7) is 1.52. The standard InChI is InChI=1S/C14H16F3NS/c1-2-3-4-5-10-18-11-12-6-8-13(9-7-12)19-14(15,16)17/h1,6-9,18H,3-5,10-11H2. The Hall–Kier alpha value is -1.12. The first-order valence-corrected chi connectivity index (χ1v) is 6.82. The van der Waals surface area contributed by atoms with Gasteiger partial charge in [0.1, 0.15) is 0 Å². The summed E-state index contributed by atoms with van der Waals surface area (Å²) in [7, 11) is 0. The molecule has 1 aromatic rings. The number of hydrogen-bond acceptors (Lipinski definition) is 2. The molecular weight excluding hydrogens is 271 g/mol. The Labute approximate surface area is 116 Å². The molecule has 1 N–H and O–H groups in total. The van der Waals surface area contributed by atoms with Crippen LogP contribution >= 0.6 is 11.8 Å².